The number of nitrogens with zero attached hydrogens (tertiary/aromatic N) is 1. The number of piperazine rings is 1. The molecular formula is C13H17ClF2N2. The van der Waals surface area contributed by atoms with Crippen LogP contribution < -0.4 is 5.32 Å². The maximum absolute atomic E-state index is 13.7. The predicted molar refractivity (Wildman–Crippen MR) is 71.0 cm³/mol. The molecule has 0 aromatic heterocycles. The van der Waals surface area contributed by atoms with Gasteiger partial charge in [-0.3, -0.25) is 4.90 Å². The van der Waals surface area contributed by atoms with Gasteiger partial charge < -0.3 is 5.32 Å². The average Bonchev–Trinajstić information content (AvgIpc) is 2.34. The van der Waals surface area contributed by atoms with Crippen molar-refractivity contribution in [3.05, 3.63) is 48.1 Å². The minimum absolute atomic E-state index is 0. The van der Waals surface area contributed by atoms with E-state index in [1.807, 2.05) is 0 Å². The van der Waals surface area contributed by atoms with Crippen LogP contribution in [0.5, 0.6) is 0 Å². The van der Waals surface area contributed by atoms with Crippen molar-refractivity contribution in [2.24, 2.45) is 0 Å². The van der Waals surface area contributed by atoms with E-state index in [4.69, 9.17) is 0 Å². The van der Waals surface area contributed by atoms with Crippen LogP contribution >= 0.6 is 12.4 Å². The fourth-order valence-electron chi connectivity index (χ4n) is 2.17. The van der Waals surface area contributed by atoms with E-state index in [0.29, 0.717) is 5.56 Å². The van der Waals surface area contributed by atoms with Gasteiger partial charge in [0.05, 0.1) is 6.04 Å². The molecule has 1 aromatic carbocycles. The van der Waals surface area contributed by atoms with Gasteiger partial charge in [-0.2, -0.15) is 0 Å². The zero-order valence-electron chi connectivity index (χ0n) is 10.0. The Balaban J connectivity index is 0.00000162. The summed E-state index contributed by atoms with van der Waals surface area (Å²) in [5, 5.41) is 3.24. The molecule has 1 aliphatic rings. The number of hydrogen-bond donors (Lipinski definition) is 1. The molecule has 5 heteroatoms. The third-order valence-corrected chi connectivity index (χ3v) is 3.05. The molecule has 0 bridgehead atoms. The van der Waals surface area contributed by atoms with Crippen LogP contribution in [0.2, 0.25) is 0 Å². The van der Waals surface area contributed by atoms with E-state index < -0.39 is 11.6 Å². The number of nitrogens with one attached hydrogen (secondary N) is 1. The Bertz CT molecular complexity index is 406. The number of rotatable bonds is 3. The highest BCUT2D eigenvalue weighted by molar-refractivity contribution is 5.85. The lowest BCUT2D eigenvalue weighted by Crippen LogP contribution is -2.44. The highest BCUT2D eigenvalue weighted by Crippen LogP contribution is 2.25. The lowest BCUT2D eigenvalue weighted by atomic mass is 10.0. The van der Waals surface area contributed by atoms with Crippen LogP contribution in [0.15, 0.2) is 30.9 Å². The number of hydrogen-bond acceptors (Lipinski definition) is 2. The van der Waals surface area contributed by atoms with Crippen LogP contribution in [0.25, 0.3) is 0 Å². The summed E-state index contributed by atoms with van der Waals surface area (Å²) in [7, 11) is 0. The van der Waals surface area contributed by atoms with Crippen molar-refractivity contribution in [3.8, 4) is 0 Å². The third kappa shape index (κ3) is 3.28. The van der Waals surface area contributed by atoms with Crippen molar-refractivity contribution in [2.75, 3.05) is 26.2 Å². The summed E-state index contributed by atoms with van der Waals surface area (Å²) >= 11 is 0. The molecule has 1 fully saturated rings. The fraction of sp³-hybridized carbons (Fsp3) is 0.385. The monoisotopic (exact) mass is 274 g/mol. The first kappa shape index (κ1) is 15.1. The van der Waals surface area contributed by atoms with Crippen molar-refractivity contribution < 1.29 is 8.78 Å². The lowest BCUT2D eigenvalue weighted by molar-refractivity contribution is 0.200. The van der Waals surface area contributed by atoms with E-state index in [1.165, 1.54) is 12.1 Å². The standard InChI is InChI=1S/C13H16F2N2.ClH/c1-2-13(17-7-5-16-6-8-17)11-4-3-10(14)9-12(11)15;/h2-4,9,13,16H,1,5-8H2;1H/t13-;/m0./s1. The second-order valence-corrected chi connectivity index (χ2v) is 4.13. The lowest BCUT2D eigenvalue weighted by Gasteiger charge is -2.33. The van der Waals surface area contributed by atoms with Crippen LogP contribution in [-0.2, 0) is 0 Å². The van der Waals surface area contributed by atoms with Crippen LogP contribution in [0.3, 0.4) is 0 Å². The Morgan fingerprint density at radius 3 is 2.50 bits per heavy atom. The molecule has 1 saturated heterocycles. The molecule has 1 aliphatic heterocycles. The summed E-state index contributed by atoms with van der Waals surface area (Å²) in [6, 6.07) is 3.53. The van der Waals surface area contributed by atoms with Gasteiger partial charge in [0.25, 0.3) is 0 Å². The highest BCUT2D eigenvalue weighted by Gasteiger charge is 2.22. The highest BCUT2D eigenvalue weighted by atomic mass is 35.5. The molecule has 1 heterocycles. The van der Waals surface area contributed by atoms with Gasteiger partial charge in [-0.15, -0.1) is 19.0 Å². The summed E-state index contributed by atoms with van der Waals surface area (Å²) < 4.78 is 26.6. The van der Waals surface area contributed by atoms with Crippen LogP contribution in [0, 0.1) is 11.6 Å². The van der Waals surface area contributed by atoms with Gasteiger partial charge in [-0.25, -0.2) is 8.78 Å². The molecule has 2 nitrogen and oxygen atoms in total. The predicted octanol–water partition coefficient (Wildman–Crippen LogP) is 2.52. The minimum Gasteiger partial charge on any atom is -0.314 e. The Labute approximate surface area is 112 Å². The van der Waals surface area contributed by atoms with Crippen molar-refractivity contribution in [3.63, 3.8) is 0 Å². The van der Waals surface area contributed by atoms with E-state index in [-0.39, 0.29) is 18.4 Å². The zero-order chi connectivity index (χ0) is 12.3. The SMILES string of the molecule is C=C[C@@H](c1ccc(F)cc1F)N1CCNCC1.Cl. The molecule has 0 aliphatic carbocycles. The maximum atomic E-state index is 13.7. The third-order valence-electron chi connectivity index (χ3n) is 3.05. The van der Waals surface area contributed by atoms with Crippen LogP contribution in [-0.4, -0.2) is 31.1 Å². The fourth-order valence-corrected chi connectivity index (χ4v) is 2.17. The molecule has 0 spiro atoms. The maximum Gasteiger partial charge on any atom is 0.131 e. The zero-order valence-corrected chi connectivity index (χ0v) is 10.9. The Hall–Kier alpha value is -0.970. The summed E-state index contributed by atoms with van der Waals surface area (Å²) in [5.74, 6) is -1.05. The number of halogens is 3. The van der Waals surface area contributed by atoms with E-state index in [9.17, 15) is 8.78 Å². The van der Waals surface area contributed by atoms with E-state index >= 15 is 0 Å². The molecule has 0 amide bonds. The average molecular weight is 275 g/mol. The van der Waals surface area contributed by atoms with E-state index in [2.05, 4.69) is 16.8 Å². The van der Waals surface area contributed by atoms with Crippen LogP contribution in [0.4, 0.5) is 8.78 Å². The van der Waals surface area contributed by atoms with Crippen LogP contribution in [0.1, 0.15) is 11.6 Å². The topological polar surface area (TPSA) is 15.3 Å². The van der Waals surface area contributed by atoms with Crippen molar-refractivity contribution >= 4 is 12.4 Å². The molecule has 0 unspecified atom stereocenters. The molecule has 1 atom stereocenters. The van der Waals surface area contributed by atoms with Crippen molar-refractivity contribution in [1.29, 1.82) is 0 Å². The van der Waals surface area contributed by atoms with Gasteiger partial charge in [0.15, 0.2) is 0 Å². The quantitative estimate of drug-likeness (QED) is 0.852. The minimum atomic E-state index is -0.547. The van der Waals surface area contributed by atoms with Gasteiger partial charge in [0.1, 0.15) is 11.6 Å². The van der Waals surface area contributed by atoms with Gasteiger partial charge >= 0.3 is 0 Å². The Kier molecular flexibility index (Phi) is 5.72. The van der Waals surface area contributed by atoms with Crippen molar-refractivity contribution in [1.82, 2.24) is 10.2 Å². The normalized spacial score (nSPS) is 17.9. The van der Waals surface area contributed by atoms with Crippen molar-refractivity contribution in [2.45, 2.75) is 6.04 Å². The van der Waals surface area contributed by atoms with Gasteiger partial charge in [-0.05, 0) is 6.07 Å². The number of benzene rings is 1. The Morgan fingerprint density at radius 1 is 1.28 bits per heavy atom. The molecule has 1 aromatic rings. The molecule has 0 saturated carbocycles. The summed E-state index contributed by atoms with van der Waals surface area (Å²) in [4.78, 5) is 2.14. The second kappa shape index (κ2) is 6.83. The first-order valence-corrected chi connectivity index (χ1v) is 5.74. The van der Waals surface area contributed by atoms with Gasteiger partial charge in [0, 0.05) is 37.8 Å². The first-order valence-electron chi connectivity index (χ1n) is 5.74. The summed E-state index contributed by atoms with van der Waals surface area (Å²) in [5.41, 5.74) is 0.489. The van der Waals surface area contributed by atoms with E-state index in [0.717, 1.165) is 32.2 Å². The molecule has 0 radical (unpaired) electrons. The van der Waals surface area contributed by atoms with E-state index in [1.54, 1.807) is 6.08 Å². The van der Waals surface area contributed by atoms with Gasteiger partial charge in [0.2, 0.25) is 0 Å². The second-order valence-electron chi connectivity index (χ2n) is 4.13. The largest absolute Gasteiger partial charge is 0.314 e. The molecule has 18 heavy (non-hydrogen) atoms. The summed E-state index contributed by atoms with van der Waals surface area (Å²) in [6.45, 7) is 7.20. The smallest absolute Gasteiger partial charge is 0.131 e. The first-order chi connectivity index (χ1) is 8.22. The molecule has 2 rings (SSSR count). The molecular weight excluding hydrogens is 258 g/mol. The molecule has 1 N–H and O–H groups in total. The van der Waals surface area contributed by atoms with Gasteiger partial charge in [-0.1, -0.05) is 12.1 Å². The summed E-state index contributed by atoms with van der Waals surface area (Å²) in [6.07, 6.45) is 1.71. The Morgan fingerprint density at radius 2 is 1.94 bits per heavy atom. The molecule has 100 valence electrons.